The van der Waals surface area contributed by atoms with Crippen molar-refractivity contribution in [3.05, 3.63) is 64.7 Å². The lowest BCUT2D eigenvalue weighted by Gasteiger charge is -1.98. The van der Waals surface area contributed by atoms with Gasteiger partial charge in [0.25, 0.3) is 0 Å². The number of hydrogen-bond acceptors (Lipinski definition) is 1. The molecule has 0 aliphatic heterocycles. The van der Waals surface area contributed by atoms with E-state index in [-0.39, 0.29) is 0 Å². The second-order valence-electron chi connectivity index (χ2n) is 4.73. The monoisotopic (exact) mass is 295 g/mol. The summed E-state index contributed by atoms with van der Waals surface area (Å²) in [6.07, 6.45) is 5.10. The normalized spacial score (nSPS) is 10.4. The highest BCUT2D eigenvalue weighted by atomic mass is 35.5. The molecule has 0 amide bonds. The molecule has 0 aromatic heterocycles. The molecule has 2 rings (SSSR count). The van der Waals surface area contributed by atoms with E-state index in [4.69, 9.17) is 11.6 Å². The molecule has 0 fully saturated rings. The summed E-state index contributed by atoms with van der Waals surface area (Å²) >= 11 is 5.96. The summed E-state index contributed by atoms with van der Waals surface area (Å²) in [6, 6.07) is 15.6. The molecule has 0 heterocycles. The number of nitrogens with zero attached hydrogens (tertiary/aromatic N) is 1. The first kappa shape index (κ1) is 15.4. The van der Waals surface area contributed by atoms with Gasteiger partial charge in [-0.2, -0.15) is 0 Å². The summed E-state index contributed by atoms with van der Waals surface area (Å²) in [5, 5.41) is 0.692. The third kappa shape index (κ3) is 5.10. The minimum atomic E-state index is 0.692. The summed E-state index contributed by atoms with van der Waals surface area (Å²) in [5.41, 5.74) is 2.89. The molecule has 0 aliphatic carbocycles. The van der Waals surface area contributed by atoms with Crippen molar-refractivity contribution in [2.24, 2.45) is 4.99 Å². The van der Waals surface area contributed by atoms with Gasteiger partial charge in [-0.3, -0.25) is 4.99 Å². The molecule has 1 nitrogen and oxygen atoms in total. The quantitative estimate of drug-likeness (QED) is 0.394. The van der Waals surface area contributed by atoms with Crippen molar-refractivity contribution in [1.82, 2.24) is 0 Å². The van der Waals surface area contributed by atoms with Crippen molar-refractivity contribution < 1.29 is 0 Å². The first-order valence-electron chi connectivity index (χ1n) is 7.17. The summed E-state index contributed by atoms with van der Waals surface area (Å²) < 4.78 is 0. The lowest BCUT2D eigenvalue weighted by molar-refractivity contribution is 0.828. The molecular weight excluding hydrogens is 278 g/mol. The first-order valence-corrected chi connectivity index (χ1v) is 7.55. The minimum absolute atomic E-state index is 0.692. The topological polar surface area (TPSA) is 12.4 Å². The fourth-order valence-electron chi connectivity index (χ4n) is 1.85. The van der Waals surface area contributed by atoms with Crippen LogP contribution in [0.4, 0.5) is 5.69 Å². The Bertz CT molecular complexity index is 677. The molecule has 2 aromatic rings. The largest absolute Gasteiger partial charge is 0.256 e. The third-order valence-corrected chi connectivity index (χ3v) is 3.24. The zero-order valence-electron chi connectivity index (χ0n) is 12.1. The predicted molar refractivity (Wildman–Crippen MR) is 91.6 cm³/mol. The Morgan fingerprint density at radius 1 is 1.14 bits per heavy atom. The standard InChI is InChI=1S/C19H18ClN/c1-2-3-4-5-9-16-10-6-7-11-17(16)15-21-19-13-8-12-18(20)14-19/h6-8,10-15H,2-4H2,1H3. The van der Waals surface area contributed by atoms with Crippen LogP contribution in [0.25, 0.3) is 0 Å². The number of halogens is 1. The van der Waals surface area contributed by atoms with E-state index < -0.39 is 0 Å². The molecule has 0 bridgehead atoms. The molecule has 0 spiro atoms. The highest BCUT2D eigenvalue weighted by molar-refractivity contribution is 6.30. The maximum Gasteiger partial charge on any atom is 0.0644 e. The van der Waals surface area contributed by atoms with E-state index in [0.717, 1.165) is 29.7 Å². The van der Waals surface area contributed by atoms with Gasteiger partial charge in [-0.15, -0.1) is 0 Å². The van der Waals surface area contributed by atoms with Gasteiger partial charge in [0.2, 0.25) is 0 Å². The van der Waals surface area contributed by atoms with Gasteiger partial charge in [0.15, 0.2) is 0 Å². The predicted octanol–water partition coefficient (Wildman–Crippen LogP) is 5.63. The van der Waals surface area contributed by atoms with Gasteiger partial charge in [-0.05, 0) is 30.7 Å². The SMILES string of the molecule is CCCCC#Cc1ccccc1C=Nc1cccc(Cl)c1. The molecule has 21 heavy (non-hydrogen) atoms. The molecular formula is C19H18ClN. The van der Waals surface area contributed by atoms with Gasteiger partial charge in [-0.1, -0.05) is 61.1 Å². The summed E-state index contributed by atoms with van der Waals surface area (Å²) in [4.78, 5) is 4.47. The number of aliphatic imine (C=N–C) groups is 1. The van der Waals surface area contributed by atoms with E-state index in [1.54, 1.807) is 0 Å². The van der Waals surface area contributed by atoms with Gasteiger partial charge in [0, 0.05) is 28.8 Å². The zero-order chi connectivity index (χ0) is 14.9. The van der Waals surface area contributed by atoms with E-state index >= 15 is 0 Å². The highest BCUT2D eigenvalue weighted by Gasteiger charge is 1.96. The summed E-state index contributed by atoms with van der Waals surface area (Å²) in [5.74, 6) is 6.45. The Kier molecular flexibility index (Phi) is 6.06. The Morgan fingerprint density at radius 2 is 2.00 bits per heavy atom. The number of hydrogen-bond donors (Lipinski definition) is 0. The molecule has 0 aliphatic rings. The molecule has 2 heteroatoms. The molecule has 0 radical (unpaired) electrons. The fourth-order valence-corrected chi connectivity index (χ4v) is 2.03. The Balaban J connectivity index is 2.17. The second-order valence-corrected chi connectivity index (χ2v) is 5.17. The average molecular weight is 296 g/mol. The number of benzene rings is 2. The first-order chi connectivity index (χ1) is 10.3. The minimum Gasteiger partial charge on any atom is -0.256 e. The number of unbranched alkanes of at least 4 members (excludes halogenated alkanes) is 2. The van der Waals surface area contributed by atoms with Crippen LogP contribution in [-0.2, 0) is 0 Å². The summed E-state index contributed by atoms with van der Waals surface area (Å²) in [6.45, 7) is 2.17. The smallest absolute Gasteiger partial charge is 0.0644 e. The van der Waals surface area contributed by atoms with Crippen molar-refractivity contribution in [3.8, 4) is 11.8 Å². The van der Waals surface area contributed by atoms with Crippen LogP contribution >= 0.6 is 11.6 Å². The lowest BCUT2D eigenvalue weighted by Crippen LogP contribution is -1.87. The molecule has 106 valence electrons. The van der Waals surface area contributed by atoms with Gasteiger partial charge in [0.05, 0.1) is 5.69 Å². The fraction of sp³-hybridized carbons (Fsp3) is 0.211. The van der Waals surface area contributed by atoms with Crippen LogP contribution in [0, 0.1) is 11.8 Å². The van der Waals surface area contributed by atoms with Crippen LogP contribution in [-0.4, -0.2) is 6.21 Å². The molecule has 0 saturated carbocycles. The van der Waals surface area contributed by atoms with Gasteiger partial charge >= 0.3 is 0 Å². The molecule has 0 atom stereocenters. The van der Waals surface area contributed by atoms with Crippen molar-refractivity contribution in [1.29, 1.82) is 0 Å². The molecule has 0 saturated heterocycles. The molecule has 0 N–H and O–H groups in total. The maximum absolute atomic E-state index is 5.96. The van der Waals surface area contributed by atoms with Crippen LogP contribution < -0.4 is 0 Å². The van der Waals surface area contributed by atoms with Gasteiger partial charge in [0.1, 0.15) is 0 Å². The van der Waals surface area contributed by atoms with Crippen molar-refractivity contribution in [2.75, 3.05) is 0 Å². The summed E-state index contributed by atoms with van der Waals surface area (Å²) in [7, 11) is 0. The van der Waals surface area contributed by atoms with E-state index in [1.807, 2.05) is 54.7 Å². The van der Waals surface area contributed by atoms with E-state index in [1.165, 1.54) is 6.42 Å². The van der Waals surface area contributed by atoms with Crippen LogP contribution in [0.15, 0.2) is 53.5 Å². The highest BCUT2D eigenvalue weighted by Crippen LogP contribution is 2.18. The van der Waals surface area contributed by atoms with Crippen LogP contribution in [0.5, 0.6) is 0 Å². The van der Waals surface area contributed by atoms with Crippen molar-refractivity contribution in [2.45, 2.75) is 26.2 Å². The van der Waals surface area contributed by atoms with Gasteiger partial charge in [-0.25, -0.2) is 0 Å². The molecule has 2 aromatic carbocycles. The third-order valence-electron chi connectivity index (χ3n) is 3.00. The maximum atomic E-state index is 5.96. The van der Waals surface area contributed by atoms with E-state index in [2.05, 4.69) is 23.8 Å². The van der Waals surface area contributed by atoms with Crippen molar-refractivity contribution >= 4 is 23.5 Å². The Labute approximate surface area is 131 Å². The number of rotatable bonds is 4. The van der Waals surface area contributed by atoms with Gasteiger partial charge < -0.3 is 0 Å². The average Bonchev–Trinajstić information content (AvgIpc) is 2.50. The lowest BCUT2D eigenvalue weighted by atomic mass is 10.1. The molecule has 0 unspecified atom stereocenters. The van der Waals surface area contributed by atoms with E-state index in [0.29, 0.717) is 5.02 Å². The van der Waals surface area contributed by atoms with Crippen molar-refractivity contribution in [3.63, 3.8) is 0 Å². The van der Waals surface area contributed by atoms with Crippen LogP contribution in [0.2, 0.25) is 5.02 Å². The second kappa shape index (κ2) is 8.29. The Hall–Kier alpha value is -2.04. The van der Waals surface area contributed by atoms with Crippen LogP contribution in [0.3, 0.4) is 0 Å². The zero-order valence-corrected chi connectivity index (χ0v) is 12.9. The Morgan fingerprint density at radius 3 is 2.81 bits per heavy atom. The van der Waals surface area contributed by atoms with E-state index in [9.17, 15) is 0 Å². The van der Waals surface area contributed by atoms with Crippen LogP contribution in [0.1, 0.15) is 37.3 Å².